The van der Waals surface area contributed by atoms with Gasteiger partial charge in [-0.05, 0) is 25.2 Å². The second kappa shape index (κ2) is 52.4. The van der Waals surface area contributed by atoms with Crippen LogP contribution in [0.2, 0.25) is 0 Å². The Hall–Kier alpha value is -1.59. The first-order valence-corrected chi connectivity index (χ1v) is 28.9. The van der Waals surface area contributed by atoms with Crippen LogP contribution in [0.15, 0.2) is 0 Å². The van der Waals surface area contributed by atoms with E-state index in [-0.39, 0.29) is 31.1 Å². The van der Waals surface area contributed by atoms with Crippen molar-refractivity contribution in [3.8, 4) is 0 Å². The number of hydrogen-bond acceptors (Lipinski definition) is 6. The van der Waals surface area contributed by atoms with Gasteiger partial charge < -0.3 is 14.2 Å². The smallest absolute Gasteiger partial charge is 0.306 e. The van der Waals surface area contributed by atoms with Crippen LogP contribution < -0.4 is 0 Å². The van der Waals surface area contributed by atoms with Gasteiger partial charge in [0.15, 0.2) is 6.10 Å². The Labute approximate surface area is 399 Å². The van der Waals surface area contributed by atoms with Crippen molar-refractivity contribution in [2.75, 3.05) is 13.2 Å². The Bertz CT molecular complexity index is 964. The fraction of sp³-hybridized carbons (Fsp3) is 0.948. The Kier molecular flexibility index (Phi) is 51.1. The number of ether oxygens (including phenoxy) is 3. The molecule has 0 heterocycles. The minimum atomic E-state index is -0.761. The maximum absolute atomic E-state index is 12.8. The molecule has 0 saturated heterocycles. The molecule has 0 rings (SSSR count). The van der Waals surface area contributed by atoms with E-state index in [2.05, 4.69) is 27.7 Å². The SMILES string of the molecule is CCCCCCCCCCCCCCCCCCCC(=O)O[C@@H](COC(=O)CCCCCCCCCCCCC)COC(=O)CCCCCCCCCCCCCCCCCC(C)C. The number of carbonyl (C=O) groups is 3. The van der Waals surface area contributed by atoms with E-state index in [4.69, 9.17) is 14.2 Å². The molecule has 0 amide bonds. The maximum atomic E-state index is 12.8. The zero-order valence-electron chi connectivity index (χ0n) is 43.8. The molecule has 1 atom stereocenters. The van der Waals surface area contributed by atoms with Crippen molar-refractivity contribution in [1.29, 1.82) is 0 Å². The van der Waals surface area contributed by atoms with Crippen molar-refractivity contribution in [2.24, 2.45) is 5.92 Å². The van der Waals surface area contributed by atoms with Crippen LogP contribution in [-0.4, -0.2) is 37.2 Å². The van der Waals surface area contributed by atoms with E-state index in [1.165, 1.54) is 225 Å². The van der Waals surface area contributed by atoms with Crippen molar-refractivity contribution >= 4 is 17.9 Å². The number of carbonyl (C=O) groups excluding carboxylic acids is 3. The molecular weight excluding hydrogens is 793 g/mol. The third kappa shape index (κ3) is 51.4. The molecule has 0 bridgehead atoms. The number of rotatable bonds is 53. The zero-order valence-corrected chi connectivity index (χ0v) is 43.8. The molecule has 0 fully saturated rings. The van der Waals surface area contributed by atoms with Gasteiger partial charge in [-0.1, -0.05) is 291 Å². The summed E-state index contributed by atoms with van der Waals surface area (Å²) < 4.78 is 16.9. The third-order valence-corrected chi connectivity index (χ3v) is 13.3. The van der Waals surface area contributed by atoms with E-state index in [0.717, 1.165) is 63.7 Å². The van der Waals surface area contributed by atoms with Gasteiger partial charge in [-0.3, -0.25) is 14.4 Å². The second-order valence-electron chi connectivity index (χ2n) is 20.4. The highest BCUT2D eigenvalue weighted by Gasteiger charge is 2.19. The highest BCUT2D eigenvalue weighted by molar-refractivity contribution is 5.71. The van der Waals surface area contributed by atoms with E-state index in [0.29, 0.717) is 19.3 Å². The van der Waals surface area contributed by atoms with Crippen molar-refractivity contribution in [3.63, 3.8) is 0 Å². The molecule has 0 aromatic heterocycles. The summed E-state index contributed by atoms with van der Waals surface area (Å²) in [6.07, 6.45) is 56.6. The molecule has 6 nitrogen and oxygen atoms in total. The normalized spacial score (nSPS) is 12.0. The molecule has 0 aliphatic carbocycles. The van der Waals surface area contributed by atoms with Gasteiger partial charge in [0.2, 0.25) is 0 Å². The molecule has 0 aromatic carbocycles. The molecule has 0 spiro atoms. The summed E-state index contributed by atoms with van der Waals surface area (Å²) >= 11 is 0. The summed E-state index contributed by atoms with van der Waals surface area (Å²) in [5.41, 5.74) is 0. The van der Waals surface area contributed by atoms with Crippen LogP contribution >= 0.6 is 0 Å². The molecule has 6 heteroatoms. The molecule has 0 aliphatic rings. The van der Waals surface area contributed by atoms with Crippen LogP contribution in [0.4, 0.5) is 0 Å². The minimum Gasteiger partial charge on any atom is -0.462 e. The van der Waals surface area contributed by atoms with Gasteiger partial charge in [0.1, 0.15) is 13.2 Å². The van der Waals surface area contributed by atoms with E-state index in [9.17, 15) is 14.4 Å². The molecule has 380 valence electrons. The average Bonchev–Trinajstić information content (AvgIpc) is 3.28. The molecule has 0 radical (unpaired) electrons. The Morgan fingerprint density at radius 3 is 0.766 bits per heavy atom. The summed E-state index contributed by atoms with van der Waals surface area (Å²) in [5.74, 6) is 0.0130. The molecule has 0 aliphatic heterocycles. The summed E-state index contributed by atoms with van der Waals surface area (Å²) in [7, 11) is 0. The highest BCUT2D eigenvalue weighted by Crippen LogP contribution is 2.18. The minimum absolute atomic E-state index is 0.0619. The van der Waals surface area contributed by atoms with E-state index in [1.807, 2.05) is 0 Å². The predicted octanol–water partition coefficient (Wildman–Crippen LogP) is 19.0. The Morgan fingerprint density at radius 1 is 0.297 bits per heavy atom. The van der Waals surface area contributed by atoms with Crippen molar-refractivity contribution in [1.82, 2.24) is 0 Å². The van der Waals surface area contributed by atoms with E-state index < -0.39 is 6.10 Å². The number of hydrogen-bond donors (Lipinski definition) is 0. The van der Waals surface area contributed by atoms with Crippen LogP contribution in [0.3, 0.4) is 0 Å². The first-order valence-electron chi connectivity index (χ1n) is 28.9. The lowest BCUT2D eigenvalue weighted by atomic mass is 10.0. The topological polar surface area (TPSA) is 78.9 Å². The van der Waals surface area contributed by atoms with Gasteiger partial charge in [0.25, 0.3) is 0 Å². The Morgan fingerprint density at radius 2 is 0.516 bits per heavy atom. The number of esters is 3. The van der Waals surface area contributed by atoms with Crippen LogP contribution in [0, 0.1) is 5.92 Å². The Balaban J connectivity index is 4.25. The van der Waals surface area contributed by atoms with Crippen molar-refractivity contribution < 1.29 is 28.6 Å². The third-order valence-electron chi connectivity index (χ3n) is 13.3. The lowest BCUT2D eigenvalue weighted by Gasteiger charge is -2.18. The largest absolute Gasteiger partial charge is 0.462 e. The highest BCUT2D eigenvalue weighted by atomic mass is 16.6. The molecule has 0 aromatic rings. The van der Waals surface area contributed by atoms with Crippen LogP contribution in [-0.2, 0) is 28.6 Å². The summed E-state index contributed by atoms with van der Waals surface area (Å²) in [6, 6.07) is 0. The average molecular weight is 906 g/mol. The van der Waals surface area contributed by atoms with Gasteiger partial charge in [-0.15, -0.1) is 0 Å². The number of unbranched alkanes of at least 4 members (excludes halogenated alkanes) is 40. The monoisotopic (exact) mass is 905 g/mol. The molecular formula is C58H112O6. The lowest BCUT2D eigenvalue weighted by Crippen LogP contribution is -2.30. The summed E-state index contributed by atoms with van der Waals surface area (Å²) in [6.45, 7) is 9.06. The summed E-state index contributed by atoms with van der Waals surface area (Å²) in [5, 5.41) is 0. The van der Waals surface area contributed by atoms with Gasteiger partial charge in [-0.2, -0.15) is 0 Å². The van der Waals surface area contributed by atoms with Crippen molar-refractivity contribution in [2.45, 2.75) is 336 Å². The fourth-order valence-corrected chi connectivity index (χ4v) is 8.92. The van der Waals surface area contributed by atoms with E-state index >= 15 is 0 Å². The molecule has 64 heavy (non-hydrogen) atoms. The standard InChI is InChI=1S/C58H112O6/c1-5-7-9-11-13-15-17-18-19-20-23-27-31-35-39-43-47-51-58(61)64-55(52-62-56(59)49-45-41-37-33-28-16-14-12-10-8-6-2)53-63-57(60)50-46-42-38-34-30-26-24-21-22-25-29-32-36-40-44-48-54(3)4/h54-55H,5-53H2,1-4H3/t55-/m0/s1. The lowest BCUT2D eigenvalue weighted by molar-refractivity contribution is -0.167. The molecule has 0 unspecified atom stereocenters. The predicted molar refractivity (Wildman–Crippen MR) is 275 cm³/mol. The maximum Gasteiger partial charge on any atom is 0.306 e. The molecule has 0 saturated carbocycles. The van der Waals surface area contributed by atoms with Gasteiger partial charge in [0.05, 0.1) is 0 Å². The fourth-order valence-electron chi connectivity index (χ4n) is 8.92. The quantitative estimate of drug-likeness (QED) is 0.0344. The van der Waals surface area contributed by atoms with Gasteiger partial charge in [-0.25, -0.2) is 0 Å². The van der Waals surface area contributed by atoms with Gasteiger partial charge in [0, 0.05) is 19.3 Å². The van der Waals surface area contributed by atoms with Crippen LogP contribution in [0.1, 0.15) is 329 Å². The second-order valence-corrected chi connectivity index (χ2v) is 20.4. The first-order chi connectivity index (χ1) is 31.4. The van der Waals surface area contributed by atoms with Crippen LogP contribution in [0.25, 0.3) is 0 Å². The summed E-state index contributed by atoms with van der Waals surface area (Å²) in [4.78, 5) is 38.1. The van der Waals surface area contributed by atoms with Gasteiger partial charge >= 0.3 is 17.9 Å². The first kappa shape index (κ1) is 62.4. The molecule has 0 N–H and O–H groups in total. The van der Waals surface area contributed by atoms with E-state index in [1.54, 1.807) is 0 Å². The zero-order chi connectivity index (χ0) is 46.7. The van der Waals surface area contributed by atoms with Crippen molar-refractivity contribution in [3.05, 3.63) is 0 Å². The van der Waals surface area contributed by atoms with Crippen LogP contribution in [0.5, 0.6) is 0 Å².